The maximum Gasteiger partial charge on any atom is 0.356 e. The maximum absolute atomic E-state index is 11.7. The zero-order valence-corrected chi connectivity index (χ0v) is 13.4. The Hall–Kier alpha value is -2.56. The summed E-state index contributed by atoms with van der Waals surface area (Å²) in [7, 11) is 3.04. The lowest BCUT2D eigenvalue weighted by Gasteiger charge is -2.27. The van der Waals surface area contributed by atoms with Crippen molar-refractivity contribution in [3.63, 3.8) is 0 Å². The molecule has 3 rings (SSSR count). The van der Waals surface area contributed by atoms with E-state index in [-0.39, 0.29) is 6.04 Å². The molecule has 120 valence electrons. The van der Waals surface area contributed by atoms with Crippen LogP contribution in [-0.2, 0) is 4.74 Å². The third kappa shape index (κ3) is 3.13. The Morgan fingerprint density at radius 3 is 2.91 bits per heavy atom. The van der Waals surface area contributed by atoms with Crippen molar-refractivity contribution in [3.8, 4) is 5.75 Å². The van der Waals surface area contributed by atoms with Gasteiger partial charge in [-0.15, -0.1) is 0 Å². The highest BCUT2D eigenvalue weighted by Crippen LogP contribution is 2.37. The van der Waals surface area contributed by atoms with Crippen molar-refractivity contribution in [1.82, 2.24) is 4.98 Å². The topological polar surface area (TPSA) is 51.7 Å². The number of pyridine rings is 1. The number of rotatable bonds is 4. The van der Waals surface area contributed by atoms with Crippen molar-refractivity contribution in [3.05, 3.63) is 53.9 Å². The Bertz CT molecular complexity index is 702. The average molecular weight is 312 g/mol. The minimum absolute atomic E-state index is 0.276. The lowest BCUT2D eigenvalue weighted by atomic mass is 10.0. The summed E-state index contributed by atoms with van der Waals surface area (Å²) in [5.41, 5.74) is 2.55. The van der Waals surface area contributed by atoms with Crippen molar-refractivity contribution in [1.29, 1.82) is 0 Å². The normalized spacial score (nSPS) is 17.1. The summed E-state index contributed by atoms with van der Waals surface area (Å²) in [5, 5.41) is 0. The van der Waals surface area contributed by atoms with Crippen molar-refractivity contribution < 1.29 is 14.3 Å². The van der Waals surface area contributed by atoms with Gasteiger partial charge in [-0.25, -0.2) is 9.78 Å². The molecule has 5 nitrogen and oxygen atoms in total. The molecular weight excluding hydrogens is 292 g/mol. The van der Waals surface area contributed by atoms with Crippen LogP contribution >= 0.6 is 0 Å². The molecule has 0 saturated carbocycles. The summed E-state index contributed by atoms with van der Waals surface area (Å²) in [5.74, 6) is 0.448. The fourth-order valence-corrected chi connectivity index (χ4v) is 3.09. The first-order chi connectivity index (χ1) is 11.2. The highest BCUT2D eigenvalue weighted by atomic mass is 16.5. The van der Waals surface area contributed by atoms with E-state index < -0.39 is 5.97 Å². The molecule has 0 N–H and O–H groups in total. The number of benzene rings is 1. The number of aromatic nitrogens is 1. The molecule has 0 radical (unpaired) electrons. The Kier molecular flexibility index (Phi) is 4.46. The monoisotopic (exact) mass is 312 g/mol. The molecule has 1 fully saturated rings. The SMILES string of the molecule is COC(=O)c1cc(N2CCC[C@H]2c2cccc(OC)c2)ccn1. The first kappa shape index (κ1) is 15.3. The van der Waals surface area contributed by atoms with Gasteiger partial charge in [0.1, 0.15) is 11.4 Å². The number of methoxy groups -OCH3 is 2. The third-order valence-corrected chi connectivity index (χ3v) is 4.20. The quantitative estimate of drug-likeness (QED) is 0.811. The van der Waals surface area contributed by atoms with Gasteiger partial charge in [0.25, 0.3) is 0 Å². The number of esters is 1. The molecule has 1 saturated heterocycles. The minimum atomic E-state index is -0.413. The number of carbonyl (C=O) groups is 1. The van der Waals surface area contributed by atoms with E-state index >= 15 is 0 Å². The summed E-state index contributed by atoms with van der Waals surface area (Å²) in [6.45, 7) is 0.951. The van der Waals surface area contributed by atoms with E-state index in [4.69, 9.17) is 9.47 Å². The zero-order valence-electron chi connectivity index (χ0n) is 13.4. The Labute approximate surface area is 135 Å². The first-order valence-corrected chi connectivity index (χ1v) is 7.68. The Balaban J connectivity index is 1.91. The Morgan fingerprint density at radius 1 is 1.26 bits per heavy atom. The minimum Gasteiger partial charge on any atom is -0.497 e. The molecule has 1 atom stereocenters. The van der Waals surface area contributed by atoms with Gasteiger partial charge >= 0.3 is 5.97 Å². The Morgan fingerprint density at radius 2 is 2.13 bits per heavy atom. The molecule has 2 aromatic rings. The second-order valence-corrected chi connectivity index (χ2v) is 5.52. The van der Waals surface area contributed by atoms with Gasteiger partial charge in [0.15, 0.2) is 0 Å². The third-order valence-electron chi connectivity index (χ3n) is 4.20. The molecule has 1 aliphatic rings. The number of hydrogen-bond donors (Lipinski definition) is 0. The second-order valence-electron chi connectivity index (χ2n) is 5.52. The summed E-state index contributed by atoms with van der Waals surface area (Å²) < 4.78 is 10.1. The van der Waals surface area contributed by atoms with Crippen LogP contribution in [0, 0.1) is 0 Å². The molecule has 5 heteroatoms. The van der Waals surface area contributed by atoms with Gasteiger partial charge < -0.3 is 14.4 Å². The number of carbonyl (C=O) groups excluding carboxylic acids is 1. The van der Waals surface area contributed by atoms with Crippen LogP contribution in [0.3, 0.4) is 0 Å². The van der Waals surface area contributed by atoms with Crippen molar-refractivity contribution in [2.24, 2.45) is 0 Å². The molecule has 1 aliphatic heterocycles. The molecule has 1 aromatic carbocycles. The van der Waals surface area contributed by atoms with Crippen LogP contribution in [0.1, 0.15) is 34.9 Å². The van der Waals surface area contributed by atoms with E-state index in [1.165, 1.54) is 12.7 Å². The first-order valence-electron chi connectivity index (χ1n) is 7.68. The van der Waals surface area contributed by atoms with Gasteiger partial charge in [-0.3, -0.25) is 0 Å². The average Bonchev–Trinajstić information content (AvgIpc) is 3.11. The van der Waals surface area contributed by atoms with Crippen LogP contribution in [0.5, 0.6) is 5.75 Å². The van der Waals surface area contributed by atoms with E-state index in [9.17, 15) is 4.79 Å². The van der Waals surface area contributed by atoms with Crippen LogP contribution in [0.4, 0.5) is 5.69 Å². The summed E-state index contributed by atoms with van der Waals surface area (Å²) in [4.78, 5) is 18.1. The van der Waals surface area contributed by atoms with Gasteiger partial charge in [0.05, 0.1) is 20.3 Å². The van der Waals surface area contributed by atoms with Gasteiger partial charge in [0.2, 0.25) is 0 Å². The van der Waals surface area contributed by atoms with Gasteiger partial charge in [-0.2, -0.15) is 0 Å². The molecule has 1 aromatic heterocycles. The molecular formula is C18H20N2O3. The van der Waals surface area contributed by atoms with E-state index in [0.29, 0.717) is 5.69 Å². The van der Waals surface area contributed by atoms with Crippen LogP contribution in [0.2, 0.25) is 0 Å². The highest BCUT2D eigenvalue weighted by molar-refractivity contribution is 5.88. The molecule has 0 bridgehead atoms. The van der Waals surface area contributed by atoms with Crippen LogP contribution in [0.15, 0.2) is 42.6 Å². The standard InChI is InChI=1S/C18H20N2O3/c1-22-15-6-3-5-13(11-15)17-7-4-10-20(17)14-8-9-19-16(12-14)18(21)23-2/h3,5-6,8-9,11-12,17H,4,7,10H2,1-2H3/t17-/m0/s1. The molecule has 23 heavy (non-hydrogen) atoms. The van der Waals surface area contributed by atoms with Crippen LogP contribution in [0.25, 0.3) is 0 Å². The second kappa shape index (κ2) is 6.69. The fourth-order valence-electron chi connectivity index (χ4n) is 3.09. The molecule has 0 aliphatic carbocycles. The number of anilines is 1. The summed E-state index contributed by atoms with van der Waals surface area (Å²) >= 11 is 0. The van der Waals surface area contributed by atoms with Crippen LogP contribution < -0.4 is 9.64 Å². The number of hydrogen-bond acceptors (Lipinski definition) is 5. The number of ether oxygens (including phenoxy) is 2. The van der Waals surface area contributed by atoms with Gasteiger partial charge in [-0.1, -0.05) is 12.1 Å². The summed E-state index contributed by atoms with van der Waals surface area (Å²) in [6.07, 6.45) is 3.84. The molecule has 0 amide bonds. The molecule has 2 heterocycles. The fraction of sp³-hybridized carbons (Fsp3) is 0.333. The lowest BCUT2D eigenvalue weighted by Crippen LogP contribution is -2.23. The van der Waals surface area contributed by atoms with Crippen LogP contribution in [-0.4, -0.2) is 31.7 Å². The smallest absolute Gasteiger partial charge is 0.356 e. The largest absolute Gasteiger partial charge is 0.497 e. The number of nitrogens with zero attached hydrogens (tertiary/aromatic N) is 2. The van der Waals surface area contributed by atoms with Crippen molar-refractivity contribution in [2.45, 2.75) is 18.9 Å². The van der Waals surface area contributed by atoms with E-state index in [0.717, 1.165) is 30.8 Å². The molecule has 0 spiro atoms. The predicted molar refractivity (Wildman–Crippen MR) is 87.9 cm³/mol. The van der Waals surface area contributed by atoms with E-state index in [1.54, 1.807) is 19.4 Å². The van der Waals surface area contributed by atoms with Crippen molar-refractivity contribution >= 4 is 11.7 Å². The van der Waals surface area contributed by atoms with E-state index in [2.05, 4.69) is 22.0 Å². The van der Waals surface area contributed by atoms with Gasteiger partial charge in [0, 0.05) is 18.4 Å². The summed E-state index contributed by atoms with van der Waals surface area (Å²) in [6, 6.07) is 12.2. The van der Waals surface area contributed by atoms with Crippen molar-refractivity contribution in [2.75, 3.05) is 25.7 Å². The predicted octanol–water partition coefficient (Wildman–Crippen LogP) is 3.22. The maximum atomic E-state index is 11.7. The van der Waals surface area contributed by atoms with Gasteiger partial charge in [-0.05, 0) is 42.7 Å². The zero-order chi connectivity index (χ0) is 16.2. The highest BCUT2D eigenvalue weighted by Gasteiger charge is 2.27. The lowest BCUT2D eigenvalue weighted by molar-refractivity contribution is 0.0594. The van der Waals surface area contributed by atoms with E-state index in [1.807, 2.05) is 18.2 Å². The molecule has 0 unspecified atom stereocenters.